The number of pyridine rings is 1. The van der Waals surface area contributed by atoms with Crippen molar-refractivity contribution in [2.75, 3.05) is 14.2 Å². The number of rotatable bonds is 5. The van der Waals surface area contributed by atoms with Crippen molar-refractivity contribution < 1.29 is 9.47 Å². The quantitative estimate of drug-likeness (QED) is 0.759. The summed E-state index contributed by atoms with van der Waals surface area (Å²) in [6.07, 6.45) is 0.661. The molecule has 0 fully saturated rings. The first-order valence-electron chi connectivity index (χ1n) is 8.37. The van der Waals surface area contributed by atoms with Crippen molar-refractivity contribution >= 4 is 10.9 Å². The highest BCUT2D eigenvalue weighted by atomic mass is 16.5. The average Bonchev–Trinajstić information content (AvgIpc) is 2.62. The van der Waals surface area contributed by atoms with Crippen LogP contribution in [0.4, 0.5) is 0 Å². The lowest BCUT2D eigenvalue weighted by atomic mass is 9.93. The van der Waals surface area contributed by atoms with Crippen LogP contribution in [0.2, 0.25) is 0 Å². The van der Waals surface area contributed by atoms with Gasteiger partial charge in [0.2, 0.25) is 0 Å². The third kappa shape index (κ3) is 3.38. The van der Waals surface area contributed by atoms with Gasteiger partial charge in [0.1, 0.15) is 0 Å². The Labute approximate surface area is 147 Å². The first-order chi connectivity index (χ1) is 12.0. The van der Waals surface area contributed by atoms with E-state index in [9.17, 15) is 4.79 Å². The van der Waals surface area contributed by atoms with Crippen molar-refractivity contribution in [3.63, 3.8) is 0 Å². The Morgan fingerprint density at radius 3 is 2.52 bits per heavy atom. The van der Waals surface area contributed by atoms with Crippen LogP contribution in [0.15, 0.2) is 47.3 Å². The van der Waals surface area contributed by atoms with Gasteiger partial charge < -0.3 is 14.5 Å². The van der Waals surface area contributed by atoms with Gasteiger partial charge in [-0.2, -0.15) is 0 Å². The molecule has 1 N–H and O–H groups in total. The van der Waals surface area contributed by atoms with E-state index in [1.54, 1.807) is 14.2 Å². The molecular weight excluding hydrogens is 314 g/mol. The van der Waals surface area contributed by atoms with Crippen molar-refractivity contribution in [1.82, 2.24) is 4.98 Å². The van der Waals surface area contributed by atoms with Crippen LogP contribution < -0.4 is 15.0 Å². The highest BCUT2D eigenvalue weighted by Gasteiger charge is 2.13. The van der Waals surface area contributed by atoms with E-state index in [1.165, 1.54) is 0 Å². The summed E-state index contributed by atoms with van der Waals surface area (Å²) in [4.78, 5) is 15.5. The minimum absolute atomic E-state index is 0.0193. The second-order valence-electron chi connectivity index (χ2n) is 6.38. The lowest BCUT2D eigenvalue weighted by Crippen LogP contribution is -2.15. The van der Waals surface area contributed by atoms with Gasteiger partial charge in [0.25, 0.3) is 5.56 Å². The fourth-order valence-electron chi connectivity index (χ4n) is 3.19. The molecule has 3 rings (SSSR count). The summed E-state index contributed by atoms with van der Waals surface area (Å²) < 4.78 is 10.7. The zero-order chi connectivity index (χ0) is 18.0. The molecule has 1 atom stereocenters. The number of nitrogens with one attached hydrogen (secondary N) is 1. The molecule has 0 saturated heterocycles. The number of aromatic nitrogens is 1. The molecule has 0 radical (unpaired) electrons. The minimum Gasteiger partial charge on any atom is -0.493 e. The third-order valence-electron chi connectivity index (χ3n) is 4.67. The molecule has 4 heteroatoms. The summed E-state index contributed by atoms with van der Waals surface area (Å²) in [6.45, 7) is 4.12. The molecule has 1 heterocycles. The Kier molecular flexibility index (Phi) is 4.79. The molecule has 0 saturated carbocycles. The number of aromatic amines is 1. The molecule has 130 valence electrons. The van der Waals surface area contributed by atoms with E-state index in [4.69, 9.17) is 9.47 Å². The zero-order valence-electron chi connectivity index (χ0n) is 15.1. The Morgan fingerprint density at radius 2 is 1.80 bits per heavy atom. The number of hydrogen-bond acceptors (Lipinski definition) is 3. The molecule has 1 aromatic heterocycles. The monoisotopic (exact) mass is 337 g/mol. The van der Waals surface area contributed by atoms with E-state index in [2.05, 4.69) is 11.9 Å². The standard InChI is InChI=1S/C21H23NO3/c1-13-6-5-7-16-11-17(21(23)22-20(13)16)10-14(2)15-8-9-18(24-3)19(12-15)25-4/h5-9,11-12,14H,10H2,1-4H3,(H,22,23). The largest absolute Gasteiger partial charge is 0.493 e. The van der Waals surface area contributed by atoms with E-state index in [-0.39, 0.29) is 11.5 Å². The van der Waals surface area contributed by atoms with Crippen LogP contribution >= 0.6 is 0 Å². The summed E-state index contributed by atoms with van der Waals surface area (Å²) in [5.74, 6) is 1.59. The Hall–Kier alpha value is -2.75. The van der Waals surface area contributed by atoms with Crippen LogP contribution in [0.25, 0.3) is 10.9 Å². The van der Waals surface area contributed by atoms with Crippen LogP contribution in [0.5, 0.6) is 11.5 Å². The number of para-hydroxylation sites is 1. The van der Waals surface area contributed by atoms with Crippen molar-refractivity contribution in [3.8, 4) is 11.5 Å². The molecule has 0 bridgehead atoms. The van der Waals surface area contributed by atoms with Crippen molar-refractivity contribution in [2.45, 2.75) is 26.2 Å². The molecule has 25 heavy (non-hydrogen) atoms. The molecule has 0 spiro atoms. The smallest absolute Gasteiger partial charge is 0.251 e. The van der Waals surface area contributed by atoms with Crippen LogP contribution in [0.1, 0.15) is 29.5 Å². The molecule has 4 nitrogen and oxygen atoms in total. The summed E-state index contributed by atoms with van der Waals surface area (Å²) in [6, 6.07) is 13.9. The highest BCUT2D eigenvalue weighted by molar-refractivity contribution is 5.81. The summed E-state index contributed by atoms with van der Waals surface area (Å²) in [5, 5.41) is 1.06. The molecular formula is C21H23NO3. The molecule has 2 aromatic carbocycles. The molecule has 3 aromatic rings. The number of methoxy groups -OCH3 is 2. The van der Waals surface area contributed by atoms with E-state index in [1.807, 2.05) is 49.4 Å². The lowest BCUT2D eigenvalue weighted by molar-refractivity contribution is 0.354. The maximum absolute atomic E-state index is 12.5. The van der Waals surface area contributed by atoms with Gasteiger partial charge in [-0.15, -0.1) is 0 Å². The second kappa shape index (κ2) is 7.01. The maximum atomic E-state index is 12.5. The average molecular weight is 337 g/mol. The van der Waals surface area contributed by atoms with E-state index < -0.39 is 0 Å². The predicted octanol–water partition coefficient (Wildman–Crippen LogP) is 4.20. The number of benzene rings is 2. The number of hydrogen-bond donors (Lipinski definition) is 1. The topological polar surface area (TPSA) is 51.3 Å². The van der Waals surface area contributed by atoms with Crippen LogP contribution in [-0.2, 0) is 6.42 Å². The van der Waals surface area contributed by atoms with Gasteiger partial charge in [-0.3, -0.25) is 4.79 Å². The number of ether oxygens (including phenoxy) is 2. The van der Waals surface area contributed by atoms with Gasteiger partial charge in [-0.05, 0) is 54.0 Å². The highest BCUT2D eigenvalue weighted by Crippen LogP contribution is 2.31. The third-order valence-corrected chi connectivity index (χ3v) is 4.67. The first-order valence-corrected chi connectivity index (χ1v) is 8.37. The number of H-pyrrole nitrogens is 1. The van der Waals surface area contributed by atoms with Gasteiger partial charge in [-0.1, -0.05) is 31.2 Å². The second-order valence-corrected chi connectivity index (χ2v) is 6.38. The van der Waals surface area contributed by atoms with Gasteiger partial charge in [0, 0.05) is 5.56 Å². The fourth-order valence-corrected chi connectivity index (χ4v) is 3.19. The van der Waals surface area contributed by atoms with Gasteiger partial charge >= 0.3 is 0 Å². The number of aryl methyl sites for hydroxylation is 1. The van der Waals surface area contributed by atoms with Gasteiger partial charge in [0.05, 0.1) is 19.7 Å². The maximum Gasteiger partial charge on any atom is 0.251 e. The SMILES string of the molecule is COc1ccc(C(C)Cc2cc3cccc(C)c3[nH]c2=O)cc1OC. The van der Waals surface area contributed by atoms with Crippen LogP contribution in [0.3, 0.4) is 0 Å². The molecule has 0 aliphatic heterocycles. The van der Waals surface area contributed by atoms with E-state index >= 15 is 0 Å². The van der Waals surface area contributed by atoms with Crippen LogP contribution in [-0.4, -0.2) is 19.2 Å². The van der Waals surface area contributed by atoms with Crippen molar-refractivity contribution in [2.24, 2.45) is 0 Å². The molecule has 0 aliphatic rings. The van der Waals surface area contributed by atoms with Gasteiger partial charge in [0.15, 0.2) is 11.5 Å². The van der Waals surface area contributed by atoms with E-state index in [0.29, 0.717) is 17.9 Å². The molecule has 0 amide bonds. The summed E-state index contributed by atoms with van der Waals surface area (Å²) >= 11 is 0. The Bertz CT molecular complexity index is 959. The van der Waals surface area contributed by atoms with Crippen molar-refractivity contribution in [1.29, 1.82) is 0 Å². The predicted molar refractivity (Wildman–Crippen MR) is 101 cm³/mol. The minimum atomic E-state index is -0.0193. The fraction of sp³-hybridized carbons (Fsp3) is 0.286. The first kappa shape index (κ1) is 17.1. The summed E-state index contributed by atoms with van der Waals surface area (Å²) in [5.41, 5.74) is 3.88. The lowest BCUT2D eigenvalue weighted by Gasteiger charge is -2.15. The normalized spacial score (nSPS) is 12.2. The molecule has 0 aliphatic carbocycles. The molecule has 1 unspecified atom stereocenters. The Balaban J connectivity index is 1.93. The van der Waals surface area contributed by atoms with Crippen LogP contribution in [0, 0.1) is 6.92 Å². The van der Waals surface area contributed by atoms with Crippen molar-refractivity contribution in [3.05, 3.63) is 69.5 Å². The summed E-state index contributed by atoms with van der Waals surface area (Å²) in [7, 11) is 3.25. The van der Waals surface area contributed by atoms with E-state index in [0.717, 1.165) is 27.6 Å². The number of fused-ring (bicyclic) bond motifs is 1. The Morgan fingerprint density at radius 1 is 1.04 bits per heavy atom. The van der Waals surface area contributed by atoms with Gasteiger partial charge in [-0.25, -0.2) is 0 Å². The zero-order valence-corrected chi connectivity index (χ0v) is 15.1.